The number of carbonyl (C=O) groups excluding carboxylic acids is 1. The summed E-state index contributed by atoms with van der Waals surface area (Å²) in [5.41, 5.74) is 0.959. The summed E-state index contributed by atoms with van der Waals surface area (Å²) in [5, 5.41) is 15.3. The lowest BCUT2D eigenvalue weighted by Crippen LogP contribution is -2.49. The van der Waals surface area contributed by atoms with Gasteiger partial charge in [-0.05, 0) is 134 Å². The minimum absolute atomic E-state index is 0.0317. The van der Waals surface area contributed by atoms with E-state index in [0.29, 0.717) is 31.4 Å². The van der Waals surface area contributed by atoms with Crippen molar-refractivity contribution >= 4 is 14.3 Å². The van der Waals surface area contributed by atoms with Crippen molar-refractivity contribution in [3.63, 3.8) is 0 Å². The standard InChI is InChI=1S/C46H77N3O6Si/c1-11-52-37(5)54-46(8)26-23-40(55-56(9,10)45(6,7)32-38-19-13-15-30-49(33-38)39-24-28-47-29-25-39)31-43(51)53-44(36(4)21-22-42(46)50)35(3)18-16-17-34(2)41-20-12-14-27-48-41/h12,14,16-18,20-22,27,34,36-40,42,44,47,50H,11,13,15,19,23-26,28-33H2,1-10H3/b17-16+,22-21?,35-18+/t34-,36+,37?,38?,40-,42+,44-,46-/m1/s1. The fraction of sp³-hybridized carbons (Fsp3) is 0.739. The third-order valence-electron chi connectivity index (χ3n) is 13.0. The van der Waals surface area contributed by atoms with Gasteiger partial charge in [-0.1, -0.05) is 70.6 Å². The SMILES string of the molecule is CCOC(C)O[C@]1(C)CC[C@@H](O[Si](C)(C)C(C)(C)CC2CCCCN(C3CCNCC3)C2)CC(=O)O[C@H](/C(C)=C/C=C/[C@@H](C)c2ccccn2)[C@@H](C)C=C[C@@H]1O. The summed E-state index contributed by atoms with van der Waals surface area (Å²) in [4.78, 5) is 21.3. The highest BCUT2D eigenvalue weighted by Gasteiger charge is 2.46. The number of piperidine rings is 1. The summed E-state index contributed by atoms with van der Waals surface area (Å²) in [6.45, 7) is 26.5. The lowest BCUT2D eigenvalue weighted by molar-refractivity contribution is -0.221. The Morgan fingerprint density at radius 3 is 2.61 bits per heavy atom. The van der Waals surface area contributed by atoms with Crippen molar-refractivity contribution in [3.05, 3.63) is 66.0 Å². The van der Waals surface area contributed by atoms with Crippen molar-refractivity contribution in [2.24, 2.45) is 11.8 Å². The minimum Gasteiger partial charge on any atom is -0.457 e. The number of hydrogen-bond donors (Lipinski definition) is 2. The van der Waals surface area contributed by atoms with Gasteiger partial charge in [-0.15, -0.1) is 0 Å². The van der Waals surface area contributed by atoms with Crippen LogP contribution in [0.25, 0.3) is 0 Å². The molecular formula is C46H77N3O6Si. The summed E-state index contributed by atoms with van der Waals surface area (Å²) in [6, 6.07) is 6.63. The quantitative estimate of drug-likeness (QED) is 0.0628. The number of aliphatic hydroxyl groups is 1. The number of esters is 1. The van der Waals surface area contributed by atoms with Crippen LogP contribution < -0.4 is 5.32 Å². The van der Waals surface area contributed by atoms with Crippen LogP contribution in [0.15, 0.2) is 60.3 Å². The largest absolute Gasteiger partial charge is 0.457 e. The molecule has 0 aromatic carbocycles. The van der Waals surface area contributed by atoms with Crippen molar-refractivity contribution in [1.29, 1.82) is 0 Å². The Morgan fingerprint density at radius 2 is 1.91 bits per heavy atom. The van der Waals surface area contributed by atoms with E-state index in [9.17, 15) is 9.90 Å². The van der Waals surface area contributed by atoms with Crippen molar-refractivity contribution in [2.45, 2.75) is 173 Å². The van der Waals surface area contributed by atoms with Gasteiger partial charge in [0.1, 0.15) is 12.2 Å². The van der Waals surface area contributed by atoms with Gasteiger partial charge in [-0.25, -0.2) is 0 Å². The Labute approximate surface area is 341 Å². The van der Waals surface area contributed by atoms with E-state index in [2.05, 4.69) is 55.1 Å². The molecule has 4 rings (SSSR count). The van der Waals surface area contributed by atoms with E-state index in [-0.39, 0.29) is 35.4 Å². The number of rotatable bonds is 14. The number of pyridine rings is 1. The number of allylic oxidation sites excluding steroid dienone is 3. The number of hydrogen-bond acceptors (Lipinski definition) is 9. The second kappa shape index (κ2) is 21.7. The lowest BCUT2D eigenvalue weighted by Gasteiger charge is -2.45. The first-order chi connectivity index (χ1) is 26.5. The van der Waals surface area contributed by atoms with Gasteiger partial charge in [0.25, 0.3) is 0 Å². The molecule has 10 heteroatoms. The number of nitrogens with one attached hydrogen (secondary N) is 1. The van der Waals surface area contributed by atoms with Crippen molar-refractivity contribution in [1.82, 2.24) is 15.2 Å². The lowest BCUT2D eigenvalue weighted by atomic mass is 9.88. The van der Waals surface area contributed by atoms with E-state index in [0.717, 1.165) is 37.3 Å². The molecule has 8 atom stereocenters. The highest BCUT2D eigenvalue weighted by molar-refractivity contribution is 6.74. The fourth-order valence-corrected chi connectivity index (χ4v) is 11.0. The van der Waals surface area contributed by atoms with Gasteiger partial charge in [0.05, 0.1) is 18.1 Å². The zero-order chi connectivity index (χ0) is 40.9. The summed E-state index contributed by atoms with van der Waals surface area (Å²) in [5.74, 6) is 0.284. The van der Waals surface area contributed by atoms with Crippen molar-refractivity contribution in [3.8, 4) is 0 Å². The van der Waals surface area contributed by atoms with Crippen LogP contribution in [0.1, 0.15) is 125 Å². The highest BCUT2D eigenvalue weighted by Crippen LogP contribution is 2.46. The molecule has 0 bridgehead atoms. The zero-order valence-electron chi connectivity index (χ0n) is 36.6. The molecule has 3 aliphatic rings. The Hall–Kier alpha value is -2.18. The van der Waals surface area contributed by atoms with Crippen molar-refractivity contribution < 1.29 is 28.5 Å². The average Bonchev–Trinajstić information content (AvgIpc) is 3.40. The molecule has 0 aliphatic carbocycles. The van der Waals surface area contributed by atoms with Crippen LogP contribution in [0.3, 0.4) is 0 Å². The fourth-order valence-electron chi connectivity index (χ4n) is 8.84. The number of aromatic nitrogens is 1. The smallest absolute Gasteiger partial charge is 0.308 e. The Kier molecular flexibility index (Phi) is 18.0. The monoisotopic (exact) mass is 796 g/mol. The van der Waals surface area contributed by atoms with E-state index in [4.69, 9.17) is 18.6 Å². The molecule has 4 heterocycles. The third kappa shape index (κ3) is 13.7. The molecule has 316 valence electrons. The second-order valence-corrected chi connectivity index (χ2v) is 22.9. The molecule has 2 unspecified atom stereocenters. The molecule has 1 aromatic heterocycles. The van der Waals surface area contributed by atoms with Gasteiger partial charge < -0.3 is 34.0 Å². The molecular weight excluding hydrogens is 719 g/mol. The van der Waals surface area contributed by atoms with Crippen LogP contribution in [0, 0.1) is 11.8 Å². The first kappa shape index (κ1) is 46.5. The number of aliphatic hydroxyl groups excluding tert-OH is 1. The number of likely N-dealkylation sites (tertiary alicyclic amines) is 1. The topological polar surface area (TPSA) is 102 Å². The van der Waals surface area contributed by atoms with Crippen LogP contribution in [-0.4, -0.2) is 98.3 Å². The number of ether oxygens (including phenoxy) is 3. The Morgan fingerprint density at radius 1 is 1.16 bits per heavy atom. The van der Waals surface area contributed by atoms with Crippen LogP contribution in [0.5, 0.6) is 0 Å². The third-order valence-corrected chi connectivity index (χ3v) is 17.4. The molecule has 2 fully saturated rings. The van der Waals surface area contributed by atoms with Crippen LogP contribution in [-0.2, 0) is 23.4 Å². The zero-order valence-corrected chi connectivity index (χ0v) is 37.6. The molecule has 2 saturated heterocycles. The van der Waals surface area contributed by atoms with E-state index in [1.807, 2.05) is 77.2 Å². The molecule has 0 saturated carbocycles. The number of nitrogens with zero attached hydrogens (tertiary/aromatic N) is 2. The number of cyclic esters (lactones) is 1. The summed E-state index contributed by atoms with van der Waals surface area (Å²) >= 11 is 0. The molecule has 2 N–H and O–H groups in total. The maximum absolute atomic E-state index is 14.0. The predicted octanol–water partition coefficient (Wildman–Crippen LogP) is 9.11. The molecule has 0 amide bonds. The van der Waals surface area contributed by atoms with Crippen molar-refractivity contribution in [2.75, 3.05) is 32.8 Å². The first-order valence-corrected chi connectivity index (χ1v) is 24.7. The van der Waals surface area contributed by atoms with E-state index in [1.54, 1.807) is 6.08 Å². The second-order valence-electron chi connectivity index (χ2n) is 18.3. The summed E-state index contributed by atoms with van der Waals surface area (Å²) < 4.78 is 25.9. The van der Waals surface area contributed by atoms with E-state index < -0.39 is 32.4 Å². The van der Waals surface area contributed by atoms with Gasteiger partial charge in [0.2, 0.25) is 0 Å². The normalized spacial score (nSPS) is 29.9. The van der Waals surface area contributed by atoms with Gasteiger partial charge in [0.15, 0.2) is 14.6 Å². The maximum atomic E-state index is 14.0. The molecule has 9 nitrogen and oxygen atoms in total. The molecule has 56 heavy (non-hydrogen) atoms. The molecule has 0 spiro atoms. The van der Waals surface area contributed by atoms with Gasteiger partial charge >= 0.3 is 5.97 Å². The molecule has 1 aromatic rings. The van der Waals surface area contributed by atoms with Crippen LogP contribution >= 0.6 is 0 Å². The van der Waals surface area contributed by atoms with Gasteiger partial charge in [-0.3, -0.25) is 9.78 Å². The van der Waals surface area contributed by atoms with Crippen LogP contribution in [0.4, 0.5) is 0 Å². The molecule has 0 radical (unpaired) electrons. The first-order valence-electron chi connectivity index (χ1n) is 21.8. The predicted molar refractivity (Wildman–Crippen MR) is 230 cm³/mol. The van der Waals surface area contributed by atoms with E-state index >= 15 is 0 Å². The minimum atomic E-state index is -2.42. The molecule has 3 aliphatic heterocycles. The number of carbonyl (C=O) groups is 1. The summed E-state index contributed by atoms with van der Waals surface area (Å²) in [7, 11) is -2.42. The van der Waals surface area contributed by atoms with Gasteiger partial charge in [0, 0.05) is 42.9 Å². The van der Waals surface area contributed by atoms with Crippen LogP contribution in [0.2, 0.25) is 18.1 Å². The Bertz CT molecular complexity index is 1430. The van der Waals surface area contributed by atoms with Gasteiger partial charge in [-0.2, -0.15) is 0 Å². The average molecular weight is 796 g/mol. The highest BCUT2D eigenvalue weighted by atomic mass is 28.4. The Balaban J connectivity index is 1.57. The summed E-state index contributed by atoms with van der Waals surface area (Å²) in [6.07, 6.45) is 18.0. The van der Waals surface area contributed by atoms with E-state index in [1.165, 1.54) is 38.6 Å². The maximum Gasteiger partial charge on any atom is 0.308 e.